The maximum absolute atomic E-state index is 12.9. The molecule has 6 heteroatoms. The van der Waals surface area contributed by atoms with Gasteiger partial charge in [-0.2, -0.15) is 0 Å². The van der Waals surface area contributed by atoms with E-state index < -0.39 is 5.97 Å². The summed E-state index contributed by atoms with van der Waals surface area (Å²) in [6.07, 6.45) is 0.662. The van der Waals surface area contributed by atoms with E-state index in [1.165, 1.54) is 31.4 Å². The van der Waals surface area contributed by atoms with E-state index in [0.717, 1.165) is 5.56 Å². The second kappa shape index (κ2) is 6.31. The molecular weight excluding hydrogens is 313 g/mol. The summed E-state index contributed by atoms with van der Waals surface area (Å²) >= 11 is 0. The van der Waals surface area contributed by atoms with Crippen LogP contribution in [-0.2, 0) is 9.53 Å². The molecule has 0 bridgehead atoms. The Balaban J connectivity index is 1.70. The van der Waals surface area contributed by atoms with E-state index in [0.29, 0.717) is 6.42 Å². The Morgan fingerprint density at radius 2 is 1.92 bits per heavy atom. The lowest BCUT2D eigenvalue weighted by molar-refractivity contribution is -0.117. The molecule has 0 aromatic heterocycles. The van der Waals surface area contributed by atoms with Crippen LogP contribution in [0.1, 0.15) is 28.3 Å². The number of halogens is 1. The molecule has 0 aliphatic heterocycles. The lowest BCUT2D eigenvalue weighted by atomic mass is 10.1. The van der Waals surface area contributed by atoms with Gasteiger partial charge in [0, 0.05) is 5.92 Å². The van der Waals surface area contributed by atoms with Crippen molar-refractivity contribution in [2.75, 3.05) is 12.4 Å². The number of anilines is 1. The molecule has 2 N–H and O–H groups in total. The maximum atomic E-state index is 12.9. The summed E-state index contributed by atoms with van der Waals surface area (Å²) in [5, 5.41) is 12.7. The number of carbonyl (C=O) groups excluding carboxylic acids is 2. The van der Waals surface area contributed by atoms with Gasteiger partial charge in [-0.3, -0.25) is 4.79 Å². The molecule has 1 fully saturated rings. The van der Waals surface area contributed by atoms with E-state index in [2.05, 4.69) is 10.1 Å². The third-order valence-electron chi connectivity index (χ3n) is 4.12. The van der Waals surface area contributed by atoms with E-state index in [4.69, 9.17) is 0 Å². The minimum atomic E-state index is -0.681. The highest BCUT2D eigenvalue weighted by atomic mass is 19.1. The lowest BCUT2D eigenvalue weighted by Crippen LogP contribution is -2.15. The van der Waals surface area contributed by atoms with Crippen LogP contribution in [0, 0.1) is 11.7 Å². The first kappa shape index (κ1) is 16.0. The Morgan fingerprint density at radius 3 is 2.58 bits per heavy atom. The summed E-state index contributed by atoms with van der Waals surface area (Å²) in [6, 6.07) is 10.5. The van der Waals surface area contributed by atoms with Crippen molar-refractivity contribution in [3.63, 3.8) is 0 Å². The SMILES string of the molecule is COC(=O)c1cccc(NC(=O)C2CC2c2ccc(F)cc2)c1O. The molecule has 0 radical (unpaired) electrons. The predicted molar refractivity (Wildman–Crippen MR) is 85.3 cm³/mol. The average molecular weight is 329 g/mol. The van der Waals surface area contributed by atoms with Crippen LogP contribution < -0.4 is 5.32 Å². The number of ether oxygens (including phenoxy) is 1. The Kier molecular flexibility index (Phi) is 4.20. The van der Waals surface area contributed by atoms with Gasteiger partial charge in [0.25, 0.3) is 0 Å². The summed E-state index contributed by atoms with van der Waals surface area (Å²) in [5.74, 6) is -1.77. The van der Waals surface area contributed by atoms with Crippen LogP contribution >= 0.6 is 0 Å². The quantitative estimate of drug-likeness (QED) is 0.668. The van der Waals surface area contributed by atoms with Crippen molar-refractivity contribution in [1.82, 2.24) is 0 Å². The van der Waals surface area contributed by atoms with Crippen molar-refractivity contribution in [2.45, 2.75) is 12.3 Å². The number of nitrogens with one attached hydrogen (secondary N) is 1. The first-order valence-electron chi connectivity index (χ1n) is 7.48. The molecule has 124 valence electrons. The monoisotopic (exact) mass is 329 g/mol. The number of esters is 1. The van der Waals surface area contributed by atoms with Gasteiger partial charge in [0.2, 0.25) is 5.91 Å². The van der Waals surface area contributed by atoms with Gasteiger partial charge in [0.1, 0.15) is 11.4 Å². The molecule has 0 saturated heterocycles. The smallest absolute Gasteiger partial charge is 0.341 e. The van der Waals surface area contributed by atoms with Gasteiger partial charge in [0.15, 0.2) is 5.75 Å². The van der Waals surface area contributed by atoms with E-state index in [1.54, 1.807) is 18.2 Å². The number of carbonyl (C=O) groups is 2. The van der Waals surface area contributed by atoms with Crippen molar-refractivity contribution in [3.05, 3.63) is 59.4 Å². The highest BCUT2D eigenvalue weighted by Gasteiger charge is 2.44. The van der Waals surface area contributed by atoms with Gasteiger partial charge in [-0.15, -0.1) is 0 Å². The zero-order valence-electron chi connectivity index (χ0n) is 13.0. The van der Waals surface area contributed by atoms with Crippen molar-refractivity contribution < 1.29 is 23.8 Å². The van der Waals surface area contributed by atoms with Crippen LogP contribution in [0.15, 0.2) is 42.5 Å². The molecule has 0 heterocycles. The van der Waals surface area contributed by atoms with Crippen LogP contribution in [0.2, 0.25) is 0 Å². The maximum Gasteiger partial charge on any atom is 0.341 e. The van der Waals surface area contributed by atoms with Gasteiger partial charge in [-0.25, -0.2) is 9.18 Å². The fraction of sp³-hybridized carbons (Fsp3) is 0.222. The second-order valence-corrected chi connectivity index (χ2v) is 5.68. The molecule has 1 aliphatic carbocycles. The van der Waals surface area contributed by atoms with Crippen LogP contribution in [0.4, 0.5) is 10.1 Å². The van der Waals surface area contributed by atoms with Gasteiger partial charge in [0.05, 0.1) is 12.8 Å². The molecule has 1 amide bonds. The Labute approximate surface area is 138 Å². The van der Waals surface area contributed by atoms with E-state index in [9.17, 15) is 19.1 Å². The second-order valence-electron chi connectivity index (χ2n) is 5.68. The molecule has 3 rings (SSSR count). The number of methoxy groups -OCH3 is 1. The van der Waals surface area contributed by atoms with Crippen LogP contribution in [0.3, 0.4) is 0 Å². The Morgan fingerprint density at radius 1 is 1.21 bits per heavy atom. The number of rotatable bonds is 4. The fourth-order valence-corrected chi connectivity index (χ4v) is 2.71. The van der Waals surface area contributed by atoms with Gasteiger partial charge >= 0.3 is 5.97 Å². The number of amides is 1. The minimum absolute atomic E-state index is 0.0128. The van der Waals surface area contributed by atoms with Crippen molar-refractivity contribution in [3.8, 4) is 5.75 Å². The van der Waals surface area contributed by atoms with Gasteiger partial charge < -0.3 is 15.2 Å². The zero-order valence-corrected chi connectivity index (χ0v) is 13.0. The molecule has 24 heavy (non-hydrogen) atoms. The topological polar surface area (TPSA) is 75.6 Å². The first-order valence-corrected chi connectivity index (χ1v) is 7.48. The number of benzene rings is 2. The Bertz CT molecular complexity index is 788. The number of hydrogen-bond donors (Lipinski definition) is 2. The van der Waals surface area contributed by atoms with Crippen LogP contribution in [-0.4, -0.2) is 24.1 Å². The minimum Gasteiger partial charge on any atom is -0.505 e. The summed E-state index contributed by atoms with van der Waals surface area (Å²) < 4.78 is 17.5. The van der Waals surface area contributed by atoms with Gasteiger partial charge in [-0.1, -0.05) is 18.2 Å². The largest absolute Gasteiger partial charge is 0.505 e. The van der Waals surface area contributed by atoms with E-state index >= 15 is 0 Å². The summed E-state index contributed by atoms with van der Waals surface area (Å²) in [6.45, 7) is 0. The summed E-state index contributed by atoms with van der Waals surface area (Å²) in [5.41, 5.74) is 1.05. The Hall–Kier alpha value is -2.89. The molecule has 2 unspecified atom stereocenters. The summed E-state index contributed by atoms with van der Waals surface area (Å²) in [4.78, 5) is 23.9. The molecule has 2 aromatic carbocycles. The van der Waals surface area contributed by atoms with Crippen molar-refractivity contribution in [2.24, 2.45) is 5.92 Å². The molecule has 0 spiro atoms. The highest BCUT2D eigenvalue weighted by molar-refractivity contribution is 6.00. The third-order valence-corrected chi connectivity index (χ3v) is 4.12. The fourth-order valence-electron chi connectivity index (χ4n) is 2.71. The standard InChI is InChI=1S/C18H16FNO4/c1-24-18(23)12-3-2-4-15(16(12)21)20-17(22)14-9-13(14)10-5-7-11(19)8-6-10/h2-8,13-14,21H,9H2,1H3,(H,20,22). The number of hydrogen-bond acceptors (Lipinski definition) is 4. The number of para-hydroxylation sites is 1. The normalized spacial score (nSPS) is 18.8. The number of phenols is 1. The zero-order chi connectivity index (χ0) is 17.3. The molecule has 2 aromatic rings. The van der Waals surface area contributed by atoms with Crippen molar-refractivity contribution in [1.29, 1.82) is 0 Å². The average Bonchev–Trinajstić information content (AvgIpc) is 3.37. The molecule has 1 saturated carbocycles. The predicted octanol–water partition coefficient (Wildman–Crippen LogP) is 3.06. The number of phenolic OH excluding ortho intramolecular Hbond substituents is 1. The van der Waals surface area contributed by atoms with Crippen molar-refractivity contribution >= 4 is 17.6 Å². The van der Waals surface area contributed by atoms with E-state index in [-0.39, 0.29) is 40.6 Å². The number of aromatic hydroxyl groups is 1. The van der Waals surface area contributed by atoms with E-state index in [1.807, 2.05) is 0 Å². The molecule has 2 atom stereocenters. The first-order chi connectivity index (χ1) is 11.5. The third kappa shape index (κ3) is 3.08. The van der Waals surface area contributed by atoms with Crippen LogP contribution in [0.5, 0.6) is 5.75 Å². The van der Waals surface area contributed by atoms with Gasteiger partial charge in [-0.05, 0) is 42.2 Å². The highest BCUT2D eigenvalue weighted by Crippen LogP contribution is 2.48. The molecule has 1 aliphatic rings. The molecule has 5 nitrogen and oxygen atoms in total. The summed E-state index contributed by atoms with van der Waals surface area (Å²) in [7, 11) is 1.21. The lowest BCUT2D eigenvalue weighted by Gasteiger charge is -2.10. The molecular formula is C18H16FNO4. The van der Waals surface area contributed by atoms with Crippen LogP contribution in [0.25, 0.3) is 0 Å².